The average Bonchev–Trinajstić information content (AvgIpc) is 2.32. The molecule has 2 amide bonds. The number of halogens is 2. The SMILES string of the molecule is O=C(CNC1CCC(=O)NC12CCC2)NCC(F)F. The van der Waals surface area contributed by atoms with Gasteiger partial charge < -0.3 is 16.0 Å². The van der Waals surface area contributed by atoms with E-state index in [2.05, 4.69) is 16.0 Å². The van der Waals surface area contributed by atoms with Crippen molar-refractivity contribution in [2.45, 2.75) is 50.1 Å². The molecule has 1 saturated carbocycles. The van der Waals surface area contributed by atoms with Crippen LogP contribution in [-0.4, -0.2) is 42.9 Å². The molecule has 2 rings (SSSR count). The Morgan fingerprint density at radius 2 is 2.21 bits per heavy atom. The van der Waals surface area contributed by atoms with Crippen LogP contribution in [0.15, 0.2) is 0 Å². The van der Waals surface area contributed by atoms with Crippen LogP contribution in [0.25, 0.3) is 0 Å². The maximum absolute atomic E-state index is 11.9. The van der Waals surface area contributed by atoms with Crippen molar-refractivity contribution in [3.63, 3.8) is 0 Å². The lowest BCUT2D eigenvalue weighted by molar-refractivity contribution is -0.128. The molecule has 1 heterocycles. The van der Waals surface area contributed by atoms with E-state index < -0.39 is 18.9 Å². The smallest absolute Gasteiger partial charge is 0.255 e. The van der Waals surface area contributed by atoms with E-state index in [0.29, 0.717) is 12.8 Å². The Morgan fingerprint density at radius 3 is 2.79 bits per heavy atom. The van der Waals surface area contributed by atoms with E-state index in [1.54, 1.807) is 0 Å². The van der Waals surface area contributed by atoms with Crippen molar-refractivity contribution in [2.75, 3.05) is 13.1 Å². The predicted octanol–water partition coefficient (Wildman–Crippen LogP) is 0.159. The standard InChI is InChI=1S/C12H19F2N3O2/c13-9(14)6-16-11(19)7-15-8-2-3-10(18)17-12(8)4-1-5-12/h8-9,15H,1-7H2,(H,16,19)(H,17,18). The van der Waals surface area contributed by atoms with E-state index in [4.69, 9.17) is 0 Å². The number of amides is 2. The van der Waals surface area contributed by atoms with Crippen molar-refractivity contribution in [3.05, 3.63) is 0 Å². The molecule has 0 aromatic rings. The summed E-state index contributed by atoms with van der Waals surface area (Å²) >= 11 is 0. The molecule has 0 aromatic carbocycles. The summed E-state index contributed by atoms with van der Waals surface area (Å²) in [5.41, 5.74) is -0.224. The number of nitrogens with one attached hydrogen (secondary N) is 3. The Bertz CT molecular complexity index is 359. The third-order valence-corrected chi connectivity index (χ3v) is 3.92. The molecule has 0 aromatic heterocycles. The zero-order chi connectivity index (χ0) is 13.9. The number of hydrogen-bond acceptors (Lipinski definition) is 3. The molecule has 1 aliphatic carbocycles. The largest absolute Gasteiger partial charge is 0.349 e. The molecule has 3 N–H and O–H groups in total. The number of hydrogen-bond donors (Lipinski definition) is 3. The maximum atomic E-state index is 11.9. The van der Waals surface area contributed by atoms with E-state index in [-0.39, 0.29) is 24.0 Å². The van der Waals surface area contributed by atoms with Crippen molar-refractivity contribution in [2.24, 2.45) is 0 Å². The van der Waals surface area contributed by atoms with Gasteiger partial charge in [0, 0.05) is 12.5 Å². The van der Waals surface area contributed by atoms with Gasteiger partial charge in [-0.15, -0.1) is 0 Å². The van der Waals surface area contributed by atoms with Crippen LogP contribution in [-0.2, 0) is 9.59 Å². The summed E-state index contributed by atoms with van der Waals surface area (Å²) in [5, 5.41) is 8.24. The van der Waals surface area contributed by atoms with Gasteiger partial charge >= 0.3 is 0 Å². The van der Waals surface area contributed by atoms with Gasteiger partial charge in [0.25, 0.3) is 6.43 Å². The molecule has 19 heavy (non-hydrogen) atoms. The molecule has 1 spiro atoms. The van der Waals surface area contributed by atoms with E-state index in [1.165, 1.54) is 0 Å². The van der Waals surface area contributed by atoms with E-state index in [0.717, 1.165) is 19.3 Å². The molecule has 0 radical (unpaired) electrons. The molecule has 1 saturated heterocycles. The number of rotatable bonds is 5. The topological polar surface area (TPSA) is 70.2 Å². The lowest BCUT2D eigenvalue weighted by Crippen LogP contribution is -2.68. The van der Waals surface area contributed by atoms with E-state index in [1.807, 2.05) is 0 Å². The van der Waals surface area contributed by atoms with Gasteiger partial charge in [-0.2, -0.15) is 0 Å². The Kier molecular flexibility index (Phi) is 4.34. The fraction of sp³-hybridized carbons (Fsp3) is 0.833. The highest BCUT2D eigenvalue weighted by Crippen LogP contribution is 2.38. The molecule has 2 aliphatic rings. The summed E-state index contributed by atoms with van der Waals surface area (Å²) < 4.78 is 23.9. The molecule has 108 valence electrons. The van der Waals surface area contributed by atoms with Gasteiger partial charge in [0.15, 0.2) is 0 Å². The van der Waals surface area contributed by atoms with E-state index in [9.17, 15) is 18.4 Å². The zero-order valence-electron chi connectivity index (χ0n) is 10.7. The Hall–Kier alpha value is -1.24. The minimum absolute atomic E-state index is 0.00894. The Morgan fingerprint density at radius 1 is 1.47 bits per heavy atom. The molecular weight excluding hydrogens is 256 g/mol. The second-order valence-corrected chi connectivity index (χ2v) is 5.23. The van der Waals surface area contributed by atoms with Gasteiger partial charge in [-0.05, 0) is 25.7 Å². The van der Waals surface area contributed by atoms with E-state index >= 15 is 0 Å². The Balaban J connectivity index is 1.78. The highest BCUT2D eigenvalue weighted by molar-refractivity contribution is 5.79. The van der Waals surface area contributed by atoms with Gasteiger partial charge in [0.05, 0.1) is 18.6 Å². The average molecular weight is 275 g/mol. The molecule has 1 unspecified atom stereocenters. The molecule has 5 nitrogen and oxygen atoms in total. The summed E-state index contributed by atoms with van der Waals surface area (Å²) in [6.07, 6.45) is 1.49. The van der Waals surface area contributed by atoms with Crippen LogP contribution in [0.4, 0.5) is 8.78 Å². The maximum Gasteiger partial charge on any atom is 0.255 e. The number of alkyl halides is 2. The predicted molar refractivity (Wildman–Crippen MR) is 64.8 cm³/mol. The van der Waals surface area contributed by atoms with Crippen molar-refractivity contribution in [1.82, 2.24) is 16.0 Å². The van der Waals surface area contributed by atoms with Gasteiger partial charge in [0.2, 0.25) is 11.8 Å². The van der Waals surface area contributed by atoms with Crippen LogP contribution >= 0.6 is 0 Å². The van der Waals surface area contributed by atoms with Crippen LogP contribution in [0.1, 0.15) is 32.1 Å². The molecule has 7 heteroatoms. The number of carbonyl (C=O) groups is 2. The number of piperidine rings is 1. The van der Waals surface area contributed by atoms with Gasteiger partial charge in [-0.3, -0.25) is 9.59 Å². The molecule has 2 fully saturated rings. The van der Waals surface area contributed by atoms with Crippen LogP contribution in [0.3, 0.4) is 0 Å². The van der Waals surface area contributed by atoms with Crippen molar-refractivity contribution in [3.8, 4) is 0 Å². The highest BCUT2D eigenvalue weighted by atomic mass is 19.3. The van der Waals surface area contributed by atoms with Gasteiger partial charge in [0.1, 0.15) is 0 Å². The first-order chi connectivity index (χ1) is 9.02. The summed E-state index contributed by atoms with van der Waals surface area (Å²) in [4.78, 5) is 22.8. The summed E-state index contributed by atoms with van der Waals surface area (Å²) in [6.45, 7) is -0.609. The van der Waals surface area contributed by atoms with Crippen LogP contribution in [0.2, 0.25) is 0 Å². The molecular formula is C12H19F2N3O2. The van der Waals surface area contributed by atoms with Gasteiger partial charge in [-0.1, -0.05) is 0 Å². The van der Waals surface area contributed by atoms with Crippen LogP contribution in [0.5, 0.6) is 0 Å². The lowest BCUT2D eigenvalue weighted by Gasteiger charge is -2.51. The minimum Gasteiger partial charge on any atom is -0.349 e. The fourth-order valence-electron chi connectivity index (χ4n) is 2.78. The van der Waals surface area contributed by atoms with Crippen molar-refractivity contribution >= 4 is 11.8 Å². The minimum atomic E-state index is -2.53. The quantitative estimate of drug-likeness (QED) is 0.669. The zero-order valence-corrected chi connectivity index (χ0v) is 10.7. The second-order valence-electron chi connectivity index (χ2n) is 5.23. The number of carbonyl (C=O) groups excluding carboxylic acids is 2. The molecule has 0 bridgehead atoms. The first-order valence-electron chi connectivity index (χ1n) is 6.61. The van der Waals surface area contributed by atoms with Gasteiger partial charge in [-0.25, -0.2) is 8.78 Å². The van der Waals surface area contributed by atoms with Crippen LogP contribution < -0.4 is 16.0 Å². The first-order valence-corrected chi connectivity index (χ1v) is 6.61. The molecule has 1 aliphatic heterocycles. The monoisotopic (exact) mass is 275 g/mol. The van der Waals surface area contributed by atoms with Crippen LogP contribution in [0, 0.1) is 0 Å². The fourth-order valence-corrected chi connectivity index (χ4v) is 2.78. The normalized spacial score (nSPS) is 25.0. The summed E-state index contributed by atoms with van der Waals surface area (Å²) in [7, 11) is 0. The lowest BCUT2D eigenvalue weighted by atomic mass is 9.68. The van der Waals surface area contributed by atoms with Crippen molar-refractivity contribution in [1.29, 1.82) is 0 Å². The Labute approximate surface area is 110 Å². The second kappa shape index (κ2) is 5.81. The molecule has 1 atom stereocenters. The van der Waals surface area contributed by atoms with Crippen molar-refractivity contribution < 1.29 is 18.4 Å². The summed E-state index contributed by atoms with van der Waals surface area (Å²) in [5.74, 6) is -0.383. The first kappa shape index (κ1) is 14.2. The third-order valence-electron chi connectivity index (χ3n) is 3.92. The third kappa shape index (κ3) is 3.40. The highest BCUT2D eigenvalue weighted by Gasteiger charge is 2.47. The summed E-state index contributed by atoms with van der Waals surface area (Å²) in [6, 6.07) is 0.0521.